The minimum absolute atomic E-state index is 0.0818. The van der Waals surface area contributed by atoms with Crippen LogP contribution in [0.15, 0.2) is 54.6 Å². The van der Waals surface area contributed by atoms with Crippen molar-refractivity contribution in [3.8, 4) is 0 Å². The summed E-state index contributed by atoms with van der Waals surface area (Å²) in [6.07, 6.45) is 1.53. The van der Waals surface area contributed by atoms with Gasteiger partial charge in [-0.3, -0.25) is 9.59 Å². The van der Waals surface area contributed by atoms with Crippen LogP contribution in [0.25, 0.3) is 0 Å². The highest BCUT2D eigenvalue weighted by atomic mass is 32.2. The van der Waals surface area contributed by atoms with Crippen LogP contribution in [0.5, 0.6) is 0 Å². The van der Waals surface area contributed by atoms with Gasteiger partial charge in [0.05, 0.1) is 5.69 Å². The van der Waals surface area contributed by atoms with E-state index in [0.29, 0.717) is 12.8 Å². The molecular formula is C26H37FN4O4S. The van der Waals surface area contributed by atoms with E-state index < -0.39 is 34.5 Å². The van der Waals surface area contributed by atoms with Gasteiger partial charge >= 0.3 is 10.2 Å². The molecule has 36 heavy (non-hydrogen) atoms. The number of amides is 2. The van der Waals surface area contributed by atoms with Gasteiger partial charge in [-0.2, -0.15) is 12.7 Å². The number of hydrogen-bond acceptors (Lipinski definition) is 4. The summed E-state index contributed by atoms with van der Waals surface area (Å²) < 4.78 is 42.6. The zero-order chi connectivity index (χ0) is 26.9. The fraction of sp³-hybridized carbons (Fsp3) is 0.462. The molecule has 0 saturated heterocycles. The lowest BCUT2D eigenvalue weighted by Gasteiger charge is -2.34. The fourth-order valence-electron chi connectivity index (χ4n) is 3.69. The first-order valence-corrected chi connectivity index (χ1v) is 13.5. The molecule has 2 unspecified atom stereocenters. The van der Waals surface area contributed by atoms with E-state index in [1.165, 1.54) is 37.2 Å². The molecule has 1 N–H and O–H groups in total. The topological polar surface area (TPSA) is 90.0 Å². The Hall–Kier alpha value is -2.98. The number of nitrogens with zero attached hydrogens (tertiary/aromatic N) is 3. The van der Waals surface area contributed by atoms with Gasteiger partial charge in [-0.25, -0.2) is 8.70 Å². The number of rotatable bonds is 13. The van der Waals surface area contributed by atoms with Crippen LogP contribution < -0.4 is 9.62 Å². The number of anilines is 1. The zero-order valence-corrected chi connectivity index (χ0v) is 22.5. The number of benzene rings is 2. The van der Waals surface area contributed by atoms with Crippen LogP contribution in [0, 0.1) is 5.82 Å². The molecule has 198 valence electrons. The third-order valence-electron chi connectivity index (χ3n) is 6.01. The lowest BCUT2D eigenvalue weighted by atomic mass is 10.1. The maximum atomic E-state index is 14.7. The quantitative estimate of drug-likeness (QED) is 0.439. The molecule has 0 aliphatic heterocycles. The first kappa shape index (κ1) is 29.3. The van der Waals surface area contributed by atoms with Gasteiger partial charge < -0.3 is 10.2 Å². The Balaban J connectivity index is 2.44. The number of halogens is 1. The Morgan fingerprint density at radius 3 is 2.14 bits per heavy atom. The van der Waals surface area contributed by atoms with E-state index in [-0.39, 0.29) is 24.2 Å². The van der Waals surface area contributed by atoms with Crippen molar-refractivity contribution >= 4 is 27.7 Å². The normalized spacial score (nSPS) is 13.2. The number of carbonyl (C=O) groups excluding carboxylic acids is 2. The van der Waals surface area contributed by atoms with Crippen molar-refractivity contribution in [3.05, 3.63) is 66.0 Å². The van der Waals surface area contributed by atoms with Crippen LogP contribution in [0.4, 0.5) is 10.1 Å². The molecule has 0 heterocycles. The second-order valence-corrected chi connectivity index (χ2v) is 10.9. The third kappa shape index (κ3) is 7.51. The van der Waals surface area contributed by atoms with Crippen LogP contribution in [0.3, 0.4) is 0 Å². The fourth-order valence-corrected chi connectivity index (χ4v) is 4.76. The lowest BCUT2D eigenvalue weighted by molar-refractivity contribution is -0.139. The Bertz CT molecular complexity index is 1110. The van der Waals surface area contributed by atoms with Crippen molar-refractivity contribution in [2.75, 3.05) is 31.5 Å². The molecule has 0 aliphatic carbocycles. The summed E-state index contributed by atoms with van der Waals surface area (Å²) >= 11 is 0. The Labute approximate surface area is 214 Å². The molecule has 2 atom stereocenters. The molecule has 0 aromatic heterocycles. The summed E-state index contributed by atoms with van der Waals surface area (Å²) in [7, 11) is -1.58. The molecular weight excluding hydrogens is 483 g/mol. The van der Waals surface area contributed by atoms with E-state index in [1.54, 1.807) is 6.92 Å². The van der Waals surface area contributed by atoms with Crippen molar-refractivity contribution in [1.29, 1.82) is 0 Å². The van der Waals surface area contributed by atoms with Gasteiger partial charge in [0.1, 0.15) is 18.4 Å². The van der Waals surface area contributed by atoms with Gasteiger partial charge in [0.25, 0.3) is 0 Å². The van der Waals surface area contributed by atoms with Crippen molar-refractivity contribution in [2.45, 2.75) is 52.1 Å². The standard InChI is InChI=1S/C26H37FN4O4S/c1-6-20(3)28-26(33)23(7-2)30(18-17-21-13-9-8-10-14-21)25(32)19-31(36(34,35)29(4)5)24-16-12-11-15-22(24)27/h8-16,20,23H,6-7,17-19H2,1-5H3,(H,28,33). The predicted molar refractivity (Wildman–Crippen MR) is 140 cm³/mol. The molecule has 0 radical (unpaired) electrons. The Kier molecular flexibility index (Phi) is 10.9. The van der Waals surface area contributed by atoms with Gasteiger partial charge in [0, 0.05) is 26.7 Å². The molecule has 10 heteroatoms. The first-order valence-electron chi connectivity index (χ1n) is 12.1. The average molecular weight is 521 g/mol. The van der Waals surface area contributed by atoms with E-state index in [2.05, 4.69) is 5.32 Å². The highest BCUT2D eigenvalue weighted by Crippen LogP contribution is 2.23. The van der Waals surface area contributed by atoms with Crippen molar-refractivity contribution in [2.24, 2.45) is 0 Å². The molecule has 0 fully saturated rings. The Morgan fingerprint density at radius 2 is 1.58 bits per heavy atom. The molecule has 2 aromatic carbocycles. The summed E-state index contributed by atoms with van der Waals surface area (Å²) in [4.78, 5) is 28.2. The van der Waals surface area contributed by atoms with Gasteiger partial charge in [-0.05, 0) is 43.9 Å². The lowest BCUT2D eigenvalue weighted by Crippen LogP contribution is -2.55. The summed E-state index contributed by atoms with van der Waals surface area (Å²) in [5, 5.41) is 2.92. The minimum atomic E-state index is -4.21. The van der Waals surface area contributed by atoms with Gasteiger partial charge in [-0.15, -0.1) is 0 Å². The first-order chi connectivity index (χ1) is 17.0. The monoisotopic (exact) mass is 520 g/mol. The van der Waals surface area contributed by atoms with Crippen molar-refractivity contribution in [3.63, 3.8) is 0 Å². The van der Waals surface area contributed by atoms with E-state index >= 15 is 0 Å². The summed E-state index contributed by atoms with van der Waals surface area (Å²) in [6.45, 7) is 5.17. The molecule has 2 aromatic rings. The van der Waals surface area contributed by atoms with Crippen LogP contribution in [0.2, 0.25) is 0 Å². The molecule has 0 saturated carbocycles. The van der Waals surface area contributed by atoms with E-state index in [0.717, 1.165) is 26.7 Å². The van der Waals surface area contributed by atoms with Gasteiger partial charge in [0.2, 0.25) is 11.8 Å². The van der Waals surface area contributed by atoms with Crippen LogP contribution in [-0.2, 0) is 26.2 Å². The predicted octanol–water partition coefficient (Wildman–Crippen LogP) is 3.20. The summed E-state index contributed by atoms with van der Waals surface area (Å²) in [5.74, 6) is -1.67. The van der Waals surface area contributed by atoms with Crippen LogP contribution in [-0.4, -0.2) is 68.7 Å². The number of carbonyl (C=O) groups is 2. The maximum absolute atomic E-state index is 14.7. The number of para-hydroxylation sites is 1. The Morgan fingerprint density at radius 1 is 0.972 bits per heavy atom. The molecule has 2 rings (SSSR count). The minimum Gasteiger partial charge on any atom is -0.352 e. The summed E-state index contributed by atoms with van der Waals surface area (Å²) in [5.41, 5.74) is 0.735. The molecule has 0 spiro atoms. The van der Waals surface area contributed by atoms with E-state index in [1.807, 2.05) is 44.2 Å². The average Bonchev–Trinajstić information content (AvgIpc) is 2.85. The smallest absolute Gasteiger partial charge is 0.304 e. The van der Waals surface area contributed by atoms with E-state index in [9.17, 15) is 22.4 Å². The molecule has 2 amide bonds. The third-order valence-corrected chi connectivity index (χ3v) is 7.82. The highest BCUT2D eigenvalue weighted by Gasteiger charge is 2.34. The zero-order valence-electron chi connectivity index (χ0n) is 21.6. The van der Waals surface area contributed by atoms with Crippen molar-refractivity contribution in [1.82, 2.24) is 14.5 Å². The number of hydrogen-bond donors (Lipinski definition) is 1. The number of nitrogens with one attached hydrogen (secondary N) is 1. The maximum Gasteiger partial charge on any atom is 0.304 e. The molecule has 8 nitrogen and oxygen atoms in total. The second kappa shape index (κ2) is 13.4. The molecule has 0 bridgehead atoms. The van der Waals surface area contributed by atoms with Crippen LogP contribution in [0.1, 0.15) is 39.2 Å². The highest BCUT2D eigenvalue weighted by molar-refractivity contribution is 7.90. The largest absolute Gasteiger partial charge is 0.352 e. The van der Waals surface area contributed by atoms with Gasteiger partial charge in [0.15, 0.2) is 0 Å². The van der Waals surface area contributed by atoms with E-state index in [4.69, 9.17) is 0 Å². The van der Waals surface area contributed by atoms with Gasteiger partial charge in [-0.1, -0.05) is 56.3 Å². The summed E-state index contributed by atoms with van der Waals surface area (Å²) in [6, 6.07) is 14.0. The van der Waals surface area contributed by atoms with Crippen molar-refractivity contribution < 1.29 is 22.4 Å². The SMILES string of the molecule is CCC(C)NC(=O)C(CC)N(CCc1ccccc1)C(=O)CN(c1ccccc1F)S(=O)(=O)N(C)C. The second-order valence-electron chi connectivity index (χ2n) is 8.81. The van der Waals surface area contributed by atoms with Crippen LogP contribution >= 0.6 is 0 Å². The molecule has 0 aliphatic rings.